The van der Waals surface area contributed by atoms with Crippen molar-refractivity contribution in [3.8, 4) is 11.8 Å². The molecule has 0 unspecified atom stereocenters. The van der Waals surface area contributed by atoms with Gasteiger partial charge in [-0.2, -0.15) is 5.26 Å². The molecule has 6 heteroatoms. The van der Waals surface area contributed by atoms with Crippen molar-refractivity contribution in [2.24, 2.45) is 0 Å². The van der Waals surface area contributed by atoms with Crippen molar-refractivity contribution in [2.45, 2.75) is 13.5 Å². The molecule has 1 N–H and O–H groups in total. The van der Waals surface area contributed by atoms with Gasteiger partial charge in [-0.15, -0.1) is 0 Å². The maximum Gasteiger partial charge on any atom is 0.266 e. The van der Waals surface area contributed by atoms with E-state index in [1.165, 1.54) is 6.08 Å². The lowest BCUT2D eigenvalue weighted by Gasteiger charge is -2.11. The number of nitrogens with one attached hydrogen (secondary N) is 1. The van der Waals surface area contributed by atoms with Gasteiger partial charge in [-0.05, 0) is 64.7 Å². The highest BCUT2D eigenvalue weighted by molar-refractivity contribution is 6.32. The number of rotatable bonds is 6. The van der Waals surface area contributed by atoms with E-state index in [9.17, 15) is 10.1 Å². The Hall–Kier alpha value is -3.78. The Morgan fingerprint density at radius 1 is 1.00 bits per heavy atom. The molecule has 0 saturated carbocycles. The Morgan fingerprint density at radius 2 is 1.79 bits per heavy atom. The van der Waals surface area contributed by atoms with Gasteiger partial charge in [0.1, 0.15) is 24.0 Å². The highest BCUT2D eigenvalue weighted by Crippen LogP contribution is 2.29. The lowest BCUT2D eigenvalue weighted by atomic mass is 10.1. The van der Waals surface area contributed by atoms with E-state index in [0.29, 0.717) is 33.7 Å². The number of nitriles is 1. The first-order valence-corrected chi connectivity index (χ1v) is 11.3. The minimum absolute atomic E-state index is 0.0582. The summed E-state index contributed by atoms with van der Waals surface area (Å²) in [5, 5.41) is 15.4. The van der Waals surface area contributed by atoms with Crippen LogP contribution in [-0.4, -0.2) is 5.91 Å². The van der Waals surface area contributed by atoms with E-state index in [1.807, 2.05) is 37.3 Å². The van der Waals surface area contributed by atoms with Crippen LogP contribution in [0.15, 0.2) is 84.4 Å². The molecule has 0 aromatic heterocycles. The summed E-state index contributed by atoms with van der Waals surface area (Å²) in [5.74, 6) is -0.0150. The van der Waals surface area contributed by atoms with Crippen molar-refractivity contribution in [1.82, 2.24) is 0 Å². The molecule has 0 bridgehead atoms. The molecule has 0 aliphatic heterocycles. The summed E-state index contributed by atoms with van der Waals surface area (Å²) in [6.45, 7) is 2.23. The Bertz CT molecular complexity index is 1450. The number of aryl methyl sites for hydroxylation is 1. The number of carbonyl (C=O) groups excluding carboxylic acids is 1. The van der Waals surface area contributed by atoms with Crippen LogP contribution in [0.25, 0.3) is 16.8 Å². The Balaban J connectivity index is 1.48. The van der Waals surface area contributed by atoms with Crippen molar-refractivity contribution in [3.05, 3.63) is 111 Å². The van der Waals surface area contributed by atoms with Gasteiger partial charge < -0.3 is 10.1 Å². The second-order valence-electron chi connectivity index (χ2n) is 7.70. The summed E-state index contributed by atoms with van der Waals surface area (Å²) in [5.41, 5.74) is 3.01. The summed E-state index contributed by atoms with van der Waals surface area (Å²) in [6.07, 6.45) is 1.48. The van der Waals surface area contributed by atoms with Gasteiger partial charge in [0.2, 0.25) is 0 Å². The number of anilines is 1. The van der Waals surface area contributed by atoms with Gasteiger partial charge in [-0.1, -0.05) is 77.8 Å². The summed E-state index contributed by atoms with van der Waals surface area (Å²) in [4.78, 5) is 12.6. The standard InChI is InChI=1S/C28H20Cl2N2O2/c1-18-9-11-23(15-25(18)29)32-28(33)22(16-31)13-19-10-12-27(26(30)14-19)34-17-21-7-4-6-20-5-2-3-8-24(20)21/h2-15H,17H2,1H3,(H,32,33)/b22-13+. The predicted octanol–water partition coefficient (Wildman–Crippen LogP) is 7.58. The predicted molar refractivity (Wildman–Crippen MR) is 138 cm³/mol. The van der Waals surface area contributed by atoms with Crippen LogP contribution in [0.4, 0.5) is 5.69 Å². The highest BCUT2D eigenvalue weighted by atomic mass is 35.5. The molecule has 4 aromatic carbocycles. The molecule has 4 nitrogen and oxygen atoms in total. The molecule has 0 heterocycles. The normalized spacial score (nSPS) is 11.2. The van der Waals surface area contributed by atoms with E-state index in [1.54, 1.807) is 36.4 Å². The van der Waals surface area contributed by atoms with Crippen molar-refractivity contribution >= 4 is 51.6 Å². The molecule has 34 heavy (non-hydrogen) atoms. The molecule has 0 fully saturated rings. The first-order chi connectivity index (χ1) is 16.4. The zero-order chi connectivity index (χ0) is 24.1. The molecule has 4 aromatic rings. The Morgan fingerprint density at radius 3 is 2.56 bits per heavy atom. The second kappa shape index (κ2) is 10.4. The molecule has 0 spiro atoms. The summed E-state index contributed by atoms with van der Waals surface area (Å²) >= 11 is 12.5. The van der Waals surface area contributed by atoms with Crippen LogP contribution < -0.4 is 10.1 Å². The molecule has 0 radical (unpaired) electrons. The maximum atomic E-state index is 12.6. The van der Waals surface area contributed by atoms with Crippen molar-refractivity contribution in [2.75, 3.05) is 5.32 Å². The van der Waals surface area contributed by atoms with Gasteiger partial charge in [-0.3, -0.25) is 4.79 Å². The molecule has 0 saturated heterocycles. The van der Waals surface area contributed by atoms with Crippen LogP contribution in [-0.2, 0) is 11.4 Å². The number of nitrogens with zero attached hydrogens (tertiary/aromatic N) is 1. The van der Waals surface area contributed by atoms with E-state index < -0.39 is 5.91 Å². The molecular formula is C28H20Cl2N2O2. The fourth-order valence-electron chi connectivity index (χ4n) is 3.48. The molecule has 168 valence electrons. The highest BCUT2D eigenvalue weighted by Gasteiger charge is 2.12. The quantitative estimate of drug-likeness (QED) is 0.225. The monoisotopic (exact) mass is 486 g/mol. The summed E-state index contributed by atoms with van der Waals surface area (Å²) in [6, 6.07) is 26.4. The first kappa shape index (κ1) is 23.4. The number of ether oxygens (including phenoxy) is 1. The van der Waals surface area contributed by atoms with E-state index in [4.69, 9.17) is 27.9 Å². The average Bonchev–Trinajstić information content (AvgIpc) is 2.84. The molecule has 1 amide bonds. The van der Waals surface area contributed by atoms with Gasteiger partial charge in [-0.25, -0.2) is 0 Å². The van der Waals surface area contributed by atoms with Crippen molar-refractivity contribution < 1.29 is 9.53 Å². The Kier molecular flexibility index (Phi) is 7.18. The summed E-state index contributed by atoms with van der Waals surface area (Å²) < 4.78 is 5.96. The number of carbonyl (C=O) groups is 1. The average molecular weight is 487 g/mol. The zero-order valence-corrected chi connectivity index (χ0v) is 19.8. The lowest BCUT2D eigenvalue weighted by molar-refractivity contribution is -0.112. The maximum absolute atomic E-state index is 12.6. The van der Waals surface area contributed by atoms with Crippen LogP contribution in [0.3, 0.4) is 0 Å². The Labute approximate surface area is 208 Å². The number of hydrogen-bond acceptors (Lipinski definition) is 3. The third-order valence-corrected chi connectivity index (χ3v) is 6.03. The lowest BCUT2D eigenvalue weighted by Crippen LogP contribution is -2.13. The van der Waals surface area contributed by atoms with Gasteiger partial charge in [0, 0.05) is 10.7 Å². The number of fused-ring (bicyclic) bond motifs is 1. The second-order valence-corrected chi connectivity index (χ2v) is 8.52. The van der Waals surface area contributed by atoms with E-state index in [0.717, 1.165) is 21.9 Å². The van der Waals surface area contributed by atoms with Gasteiger partial charge in [0.15, 0.2) is 0 Å². The smallest absolute Gasteiger partial charge is 0.266 e. The third kappa shape index (κ3) is 5.40. The number of amides is 1. The third-order valence-electron chi connectivity index (χ3n) is 5.32. The minimum atomic E-state index is -0.533. The topological polar surface area (TPSA) is 62.1 Å². The molecular weight excluding hydrogens is 467 g/mol. The van der Waals surface area contributed by atoms with Gasteiger partial charge in [0.05, 0.1) is 5.02 Å². The van der Waals surface area contributed by atoms with Gasteiger partial charge >= 0.3 is 0 Å². The van der Waals surface area contributed by atoms with Crippen LogP contribution in [0.1, 0.15) is 16.7 Å². The molecule has 0 aliphatic rings. The minimum Gasteiger partial charge on any atom is -0.487 e. The fraction of sp³-hybridized carbons (Fsp3) is 0.0714. The first-order valence-electron chi connectivity index (χ1n) is 10.5. The van der Waals surface area contributed by atoms with E-state index in [-0.39, 0.29) is 5.57 Å². The van der Waals surface area contributed by atoms with Gasteiger partial charge in [0.25, 0.3) is 5.91 Å². The number of halogens is 2. The SMILES string of the molecule is Cc1ccc(NC(=O)/C(C#N)=C/c2ccc(OCc3cccc4ccccc34)c(Cl)c2)cc1Cl. The van der Waals surface area contributed by atoms with E-state index >= 15 is 0 Å². The summed E-state index contributed by atoms with van der Waals surface area (Å²) in [7, 11) is 0. The van der Waals surface area contributed by atoms with E-state index in [2.05, 4.69) is 23.5 Å². The number of hydrogen-bond donors (Lipinski definition) is 1. The van der Waals surface area contributed by atoms with Crippen LogP contribution in [0.2, 0.25) is 10.0 Å². The number of benzene rings is 4. The molecule has 4 rings (SSSR count). The largest absolute Gasteiger partial charge is 0.487 e. The van der Waals surface area contributed by atoms with Crippen molar-refractivity contribution in [1.29, 1.82) is 5.26 Å². The van der Waals surface area contributed by atoms with Crippen molar-refractivity contribution in [3.63, 3.8) is 0 Å². The molecule has 0 aliphatic carbocycles. The zero-order valence-electron chi connectivity index (χ0n) is 18.3. The van der Waals surface area contributed by atoms with Crippen LogP contribution >= 0.6 is 23.2 Å². The fourth-order valence-corrected chi connectivity index (χ4v) is 3.91. The van der Waals surface area contributed by atoms with Crippen LogP contribution in [0.5, 0.6) is 5.75 Å². The molecule has 0 atom stereocenters. The van der Waals surface area contributed by atoms with Crippen LogP contribution in [0, 0.1) is 18.3 Å².